The molecule has 2 aliphatic rings. The first-order valence-electron chi connectivity index (χ1n) is 8.90. The molecular formula is C19H28N2O2. The van der Waals surface area contributed by atoms with Gasteiger partial charge in [0.2, 0.25) is 5.91 Å². The van der Waals surface area contributed by atoms with Crippen LogP contribution in [-0.2, 0) is 16.1 Å². The smallest absolute Gasteiger partial charge is 0.237 e. The molecule has 4 unspecified atom stereocenters. The highest BCUT2D eigenvalue weighted by molar-refractivity contribution is 5.82. The average Bonchev–Trinajstić information content (AvgIpc) is 3.00. The average molecular weight is 316 g/mol. The molecule has 1 heterocycles. The van der Waals surface area contributed by atoms with Crippen molar-refractivity contribution in [3.8, 4) is 0 Å². The maximum atomic E-state index is 12.4. The highest BCUT2D eigenvalue weighted by Gasteiger charge is 2.38. The summed E-state index contributed by atoms with van der Waals surface area (Å²) in [7, 11) is 0. The third-order valence-electron chi connectivity index (χ3n) is 5.05. The first-order chi connectivity index (χ1) is 11.2. The molecule has 0 spiro atoms. The fourth-order valence-corrected chi connectivity index (χ4v) is 3.83. The van der Waals surface area contributed by atoms with Crippen molar-refractivity contribution < 1.29 is 9.53 Å². The number of hydrogen-bond acceptors (Lipinski definition) is 3. The van der Waals surface area contributed by atoms with E-state index >= 15 is 0 Å². The van der Waals surface area contributed by atoms with Gasteiger partial charge in [0.05, 0.1) is 19.3 Å². The Bertz CT molecular complexity index is 491. The van der Waals surface area contributed by atoms with Crippen molar-refractivity contribution in [2.75, 3.05) is 6.61 Å². The molecule has 23 heavy (non-hydrogen) atoms. The highest BCUT2D eigenvalue weighted by atomic mass is 16.5. The third-order valence-corrected chi connectivity index (χ3v) is 5.05. The molecule has 4 heteroatoms. The molecule has 0 aromatic heterocycles. The van der Waals surface area contributed by atoms with Gasteiger partial charge in [-0.1, -0.05) is 43.2 Å². The van der Waals surface area contributed by atoms with Gasteiger partial charge in [0.15, 0.2) is 0 Å². The van der Waals surface area contributed by atoms with Gasteiger partial charge in [-0.3, -0.25) is 4.79 Å². The van der Waals surface area contributed by atoms with Crippen LogP contribution in [0.5, 0.6) is 0 Å². The van der Waals surface area contributed by atoms with Gasteiger partial charge < -0.3 is 15.4 Å². The van der Waals surface area contributed by atoms with E-state index in [-0.39, 0.29) is 18.0 Å². The summed E-state index contributed by atoms with van der Waals surface area (Å²) in [4.78, 5) is 12.4. The van der Waals surface area contributed by atoms with E-state index in [4.69, 9.17) is 4.74 Å². The maximum absolute atomic E-state index is 12.4. The number of ether oxygens (including phenoxy) is 1. The van der Waals surface area contributed by atoms with Gasteiger partial charge in [-0.15, -0.1) is 0 Å². The summed E-state index contributed by atoms with van der Waals surface area (Å²) in [5.41, 5.74) is 1.16. The zero-order valence-corrected chi connectivity index (χ0v) is 14.0. The molecule has 1 saturated carbocycles. The normalized spacial score (nSPS) is 28.1. The summed E-state index contributed by atoms with van der Waals surface area (Å²) in [5.74, 6) is 0.833. The monoisotopic (exact) mass is 316 g/mol. The lowest BCUT2D eigenvalue weighted by atomic mass is 9.85. The Kier molecular flexibility index (Phi) is 5.68. The van der Waals surface area contributed by atoms with Gasteiger partial charge in [-0.2, -0.15) is 0 Å². The van der Waals surface area contributed by atoms with E-state index in [1.54, 1.807) is 0 Å². The second-order valence-corrected chi connectivity index (χ2v) is 7.02. The lowest BCUT2D eigenvalue weighted by Crippen LogP contribution is -2.47. The first-order valence-corrected chi connectivity index (χ1v) is 8.90. The van der Waals surface area contributed by atoms with Crippen LogP contribution < -0.4 is 10.6 Å². The number of fused-ring (bicyclic) bond motifs is 1. The number of carbonyl (C=O) groups excluding carboxylic acids is 1. The van der Waals surface area contributed by atoms with Crippen molar-refractivity contribution in [2.24, 2.45) is 5.92 Å². The van der Waals surface area contributed by atoms with Gasteiger partial charge in [-0.25, -0.2) is 0 Å². The van der Waals surface area contributed by atoms with Crippen LogP contribution in [0.4, 0.5) is 0 Å². The summed E-state index contributed by atoms with van der Waals surface area (Å²) in [6.07, 6.45) is 6.11. The van der Waals surface area contributed by atoms with Gasteiger partial charge in [-0.05, 0) is 37.7 Å². The predicted molar refractivity (Wildman–Crippen MR) is 91.0 cm³/mol. The van der Waals surface area contributed by atoms with Crippen molar-refractivity contribution in [3.05, 3.63) is 35.9 Å². The third kappa shape index (κ3) is 4.55. The van der Waals surface area contributed by atoms with Gasteiger partial charge in [0, 0.05) is 12.1 Å². The van der Waals surface area contributed by atoms with Crippen LogP contribution in [0.1, 0.15) is 44.6 Å². The van der Waals surface area contributed by atoms with Gasteiger partial charge >= 0.3 is 0 Å². The molecule has 0 bridgehead atoms. The van der Waals surface area contributed by atoms with Crippen LogP contribution in [0.2, 0.25) is 0 Å². The molecule has 3 rings (SSSR count). The molecule has 1 aromatic rings. The van der Waals surface area contributed by atoms with E-state index in [9.17, 15) is 4.79 Å². The van der Waals surface area contributed by atoms with E-state index in [1.807, 2.05) is 37.3 Å². The zero-order valence-electron chi connectivity index (χ0n) is 14.0. The molecule has 1 aliphatic heterocycles. The SMILES string of the molecule is CC(COCc1ccccc1)NC(=O)C1CC2CCCCC2N1. The van der Waals surface area contributed by atoms with Crippen LogP contribution in [0.3, 0.4) is 0 Å². The largest absolute Gasteiger partial charge is 0.375 e. The van der Waals surface area contributed by atoms with Crippen LogP contribution in [-0.4, -0.2) is 30.6 Å². The summed E-state index contributed by atoms with van der Waals surface area (Å²) < 4.78 is 5.70. The fraction of sp³-hybridized carbons (Fsp3) is 0.632. The summed E-state index contributed by atoms with van der Waals surface area (Å²) >= 11 is 0. The maximum Gasteiger partial charge on any atom is 0.237 e. The Balaban J connectivity index is 1.37. The number of hydrogen-bond donors (Lipinski definition) is 2. The fourth-order valence-electron chi connectivity index (χ4n) is 3.83. The Hall–Kier alpha value is -1.39. The van der Waals surface area contributed by atoms with E-state index in [0.29, 0.717) is 25.2 Å². The minimum Gasteiger partial charge on any atom is -0.375 e. The van der Waals surface area contributed by atoms with Crippen molar-refractivity contribution in [1.29, 1.82) is 0 Å². The molecule has 0 radical (unpaired) electrons. The lowest BCUT2D eigenvalue weighted by Gasteiger charge is -2.24. The molecule has 2 N–H and O–H groups in total. The topological polar surface area (TPSA) is 50.4 Å². The van der Waals surface area contributed by atoms with Gasteiger partial charge in [0.1, 0.15) is 0 Å². The lowest BCUT2D eigenvalue weighted by molar-refractivity contribution is -0.124. The highest BCUT2D eigenvalue weighted by Crippen LogP contribution is 2.33. The second kappa shape index (κ2) is 7.93. The second-order valence-electron chi connectivity index (χ2n) is 7.02. The van der Waals surface area contributed by atoms with Crippen molar-refractivity contribution in [3.63, 3.8) is 0 Å². The molecule has 126 valence electrons. The number of rotatable bonds is 6. The molecule has 1 saturated heterocycles. The first kappa shape index (κ1) is 16.5. The Morgan fingerprint density at radius 1 is 1.30 bits per heavy atom. The van der Waals surface area contributed by atoms with Crippen molar-refractivity contribution >= 4 is 5.91 Å². The molecule has 2 fully saturated rings. The van der Waals surface area contributed by atoms with E-state index in [0.717, 1.165) is 12.0 Å². The summed E-state index contributed by atoms with van der Waals surface area (Å²) in [6, 6.07) is 10.7. The number of amides is 1. The molecule has 1 aliphatic carbocycles. The van der Waals surface area contributed by atoms with Crippen LogP contribution in [0.25, 0.3) is 0 Å². The molecular weight excluding hydrogens is 288 g/mol. The standard InChI is InChI=1S/C19H28N2O2/c1-14(12-23-13-15-7-3-2-4-8-15)20-19(22)18-11-16-9-5-6-10-17(16)21-18/h2-4,7-8,14,16-18,21H,5-6,9-13H2,1H3,(H,20,22). The van der Waals surface area contributed by atoms with E-state index in [2.05, 4.69) is 10.6 Å². The van der Waals surface area contributed by atoms with Crippen LogP contribution in [0, 0.1) is 5.92 Å². The molecule has 4 atom stereocenters. The molecule has 1 amide bonds. The molecule has 4 nitrogen and oxygen atoms in total. The van der Waals surface area contributed by atoms with Crippen LogP contribution >= 0.6 is 0 Å². The van der Waals surface area contributed by atoms with Crippen molar-refractivity contribution in [2.45, 2.75) is 63.8 Å². The Morgan fingerprint density at radius 3 is 2.87 bits per heavy atom. The predicted octanol–water partition coefficient (Wildman–Crippen LogP) is 2.63. The van der Waals surface area contributed by atoms with Crippen LogP contribution in [0.15, 0.2) is 30.3 Å². The zero-order chi connectivity index (χ0) is 16.1. The quantitative estimate of drug-likeness (QED) is 0.848. The molecule has 1 aromatic carbocycles. The number of benzene rings is 1. The van der Waals surface area contributed by atoms with E-state index in [1.165, 1.54) is 25.7 Å². The van der Waals surface area contributed by atoms with E-state index < -0.39 is 0 Å². The Labute approximate surface area is 139 Å². The Morgan fingerprint density at radius 2 is 2.09 bits per heavy atom. The minimum atomic E-state index is -0.0142. The summed E-state index contributed by atoms with van der Waals surface area (Å²) in [6.45, 7) is 3.14. The summed E-state index contributed by atoms with van der Waals surface area (Å²) in [5, 5.41) is 6.62. The number of nitrogens with one attached hydrogen (secondary N) is 2. The van der Waals surface area contributed by atoms with Gasteiger partial charge in [0.25, 0.3) is 0 Å². The van der Waals surface area contributed by atoms with Crippen molar-refractivity contribution in [1.82, 2.24) is 10.6 Å². The minimum absolute atomic E-state index is 0.0142. The number of carbonyl (C=O) groups is 1.